The molecule has 0 aliphatic carbocycles. The maximum Gasteiger partial charge on any atom is 0.268 e. The Kier molecular flexibility index (Phi) is 2.40. The van der Waals surface area contributed by atoms with Gasteiger partial charge in [-0.05, 0) is 6.07 Å². The van der Waals surface area contributed by atoms with Crippen molar-refractivity contribution >= 4 is 11.6 Å². The van der Waals surface area contributed by atoms with Gasteiger partial charge >= 0.3 is 0 Å². The van der Waals surface area contributed by atoms with Crippen molar-refractivity contribution in [1.82, 2.24) is 15.5 Å². The lowest BCUT2D eigenvalue weighted by molar-refractivity contribution is 0.0945. The first-order chi connectivity index (χ1) is 7.25. The van der Waals surface area contributed by atoms with Gasteiger partial charge in [0, 0.05) is 18.0 Å². The fourth-order valence-electron chi connectivity index (χ4n) is 1.14. The average molecular weight is 206 g/mol. The van der Waals surface area contributed by atoms with Gasteiger partial charge in [-0.1, -0.05) is 5.16 Å². The van der Waals surface area contributed by atoms with Crippen molar-refractivity contribution < 1.29 is 9.32 Å². The van der Waals surface area contributed by atoms with E-state index in [-0.39, 0.29) is 5.91 Å². The number of nitrogens with one attached hydrogen (secondary N) is 2. The van der Waals surface area contributed by atoms with Gasteiger partial charge < -0.3 is 20.6 Å². The molecule has 4 N–H and O–H groups in total. The lowest BCUT2D eigenvalue weighted by Crippen LogP contribution is -2.23. The van der Waals surface area contributed by atoms with Crippen LogP contribution in [0.15, 0.2) is 29.1 Å². The zero-order chi connectivity index (χ0) is 10.7. The average Bonchev–Trinajstić information content (AvgIpc) is 2.84. The molecule has 0 radical (unpaired) electrons. The van der Waals surface area contributed by atoms with Crippen molar-refractivity contribution in [3.63, 3.8) is 0 Å². The molecule has 0 saturated carbocycles. The maximum absolute atomic E-state index is 11.5. The van der Waals surface area contributed by atoms with Gasteiger partial charge in [0.2, 0.25) is 0 Å². The van der Waals surface area contributed by atoms with E-state index in [0.29, 0.717) is 23.6 Å². The molecule has 0 fully saturated rings. The highest BCUT2D eigenvalue weighted by Gasteiger charge is 2.07. The van der Waals surface area contributed by atoms with E-state index >= 15 is 0 Å². The Morgan fingerprint density at radius 1 is 1.67 bits per heavy atom. The minimum absolute atomic E-state index is 0.227. The number of anilines is 1. The second-order valence-electron chi connectivity index (χ2n) is 3.02. The first-order valence-electron chi connectivity index (χ1n) is 4.37. The number of hydrogen-bond acceptors (Lipinski definition) is 4. The molecule has 0 unspecified atom stereocenters. The quantitative estimate of drug-likeness (QED) is 0.681. The molecular formula is C9H10N4O2. The van der Waals surface area contributed by atoms with Crippen LogP contribution in [0.25, 0.3) is 0 Å². The molecule has 0 aromatic carbocycles. The summed E-state index contributed by atoms with van der Waals surface area (Å²) in [6, 6.07) is 3.25. The highest BCUT2D eigenvalue weighted by Crippen LogP contribution is 2.04. The monoisotopic (exact) mass is 206 g/mol. The molecule has 6 nitrogen and oxygen atoms in total. The summed E-state index contributed by atoms with van der Waals surface area (Å²) < 4.78 is 4.63. The van der Waals surface area contributed by atoms with Crippen LogP contribution in [-0.4, -0.2) is 16.0 Å². The Bertz CT molecular complexity index is 446. The molecule has 2 rings (SSSR count). The minimum Gasteiger partial charge on any atom is -0.397 e. The van der Waals surface area contributed by atoms with Crippen molar-refractivity contribution in [2.45, 2.75) is 6.54 Å². The lowest BCUT2D eigenvalue weighted by atomic mass is 10.3. The molecular weight excluding hydrogens is 196 g/mol. The van der Waals surface area contributed by atoms with E-state index in [0.717, 1.165) is 0 Å². The number of carbonyl (C=O) groups is 1. The molecule has 0 bridgehead atoms. The number of nitrogens with two attached hydrogens (primary N) is 1. The highest BCUT2D eigenvalue weighted by molar-refractivity contribution is 5.93. The molecule has 0 aliphatic heterocycles. The van der Waals surface area contributed by atoms with Gasteiger partial charge in [-0.2, -0.15) is 0 Å². The SMILES string of the molecule is Nc1c[nH]c(C(=O)NCc2ccon2)c1. The molecule has 2 aromatic heterocycles. The second kappa shape index (κ2) is 3.87. The fraction of sp³-hybridized carbons (Fsp3) is 0.111. The summed E-state index contributed by atoms with van der Waals surface area (Å²) in [5, 5.41) is 6.33. The molecule has 1 amide bonds. The standard InChI is InChI=1S/C9H10N4O2/c10-6-3-8(11-4-6)9(14)12-5-7-1-2-15-13-7/h1-4,11H,5,10H2,(H,12,14). The third kappa shape index (κ3) is 2.16. The third-order valence-electron chi connectivity index (χ3n) is 1.87. The number of nitrogens with zero attached hydrogens (tertiary/aromatic N) is 1. The summed E-state index contributed by atoms with van der Waals surface area (Å²) in [5.41, 5.74) is 7.09. The van der Waals surface area contributed by atoms with Crippen molar-refractivity contribution in [3.05, 3.63) is 36.0 Å². The van der Waals surface area contributed by atoms with Gasteiger partial charge in [0.1, 0.15) is 17.7 Å². The van der Waals surface area contributed by atoms with Gasteiger partial charge in [0.15, 0.2) is 0 Å². The van der Waals surface area contributed by atoms with Crippen LogP contribution < -0.4 is 11.1 Å². The van der Waals surface area contributed by atoms with Gasteiger partial charge in [0.25, 0.3) is 5.91 Å². The van der Waals surface area contributed by atoms with Crippen LogP contribution >= 0.6 is 0 Å². The molecule has 78 valence electrons. The van der Waals surface area contributed by atoms with E-state index in [9.17, 15) is 4.79 Å². The number of aromatic amines is 1. The predicted molar refractivity (Wildman–Crippen MR) is 52.9 cm³/mol. The number of nitrogen functional groups attached to an aromatic ring is 1. The molecule has 0 saturated heterocycles. The first-order valence-corrected chi connectivity index (χ1v) is 4.37. The largest absolute Gasteiger partial charge is 0.397 e. The molecule has 0 aliphatic rings. The van der Waals surface area contributed by atoms with Crippen molar-refractivity contribution in [2.75, 3.05) is 5.73 Å². The lowest BCUT2D eigenvalue weighted by Gasteiger charge is -1.99. The molecule has 0 spiro atoms. The molecule has 15 heavy (non-hydrogen) atoms. The van der Waals surface area contributed by atoms with Gasteiger partial charge in [-0.15, -0.1) is 0 Å². The summed E-state index contributed by atoms with van der Waals surface area (Å²) >= 11 is 0. The van der Waals surface area contributed by atoms with E-state index in [1.54, 1.807) is 18.3 Å². The normalized spacial score (nSPS) is 10.1. The summed E-state index contributed by atoms with van der Waals surface area (Å²) in [4.78, 5) is 14.3. The third-order valence-corrected chi connectivity index (χ3v) is 1.87. The van der Waals surface area contributed by atoms with Gasteiger partial charge in [-0.3, -0.25) is 4.79 Å². The molecule has 6 heteroatoms. The Labute approximate surface area is 85.4 Å². The number of amides is 1. The van der Waals surface area contributed by atoms with E-state index in [1.807, 2.05) is 0 Å². The Balaban J connectivity index is 1.93. The fourth-order valence-corrected chi connectivity index (χ4v) is 1.14. The smallest absolute Gasteiger partial charge is 0.268 e. The van der Waals surface area contributed by atoms with Crippen LogP contribution in [0.3, 0.4) is 0 Å². The van der Waals surface area contributed by atoms with E-state index < -0.39 is 0 Å². The summed E-state index contributed by atoms with van der Waals surface area (Å²) in [7, 11) is 0. The van der Waals surface area contributed by atoms with Crippen molar-refractivity contribution in [2.24, 2.45) is 0 Å². The number of hydrogen-bond donors (Lipinski definition) is 3. The zero-order valence-corrected chi connectivity index (χ0v) is 7.86. The van der Waals surface area contributed by atoms with Crippen molar-refractivity contribution in [1.29, 1.82) is 0 Å². The van der Waals surface area contributed by atoms with Gasteiger partial charge in [0.05, 0.1) is 6.54 Å². The highest BCUT2D eigenvalue weighted by atomic mass is 16.5. The van der Waals surface area contributed by atoms with Crippen LogP contribution in [0.4, 0.5) is 5.69 Å². The first kappa shape index (κ1) is 9.32. The number of rotatable bonds is 3. The van der Waals surface area contributed by atoms with Crippen molar-refractivity contribution in [3.8, 4) is 0 Å². The minimum atomic E-state index is -0.227. The number of carbonyl (C=O) groups excluding carboxylic acids is 1. The molecule has 2 heterocycles. The number of aromatic nitrogens is 2. The molecule has 2 aromatic rings. The van der Waals surface area contributed by atoms with Gasteiger partial charge in [-0.25, -0.2) is 0 Å². The predicted octanol–water partition coefficient (Wildman–Crippen LogP) is 0.515. The van der Waals surface area contributed by atoms with E-state index in [1.165, 1.54) is 6.26 Å². The van der Waals surface area contributed by atoms with E-state index in [4.69, 9.17) is 5.73 Å². The Morgan fingerprint density at radius 2 is 2.53 bits per heavy atom. The number of H-pyrrole nitrogens is 1. The maximum atomic E-state index is 11.5. The Hall–Kier alpha value is -2.24. The van der Waals surface area contributed by atoms with Crippen LogP contribution in [0, 0.1) is 0 Å². The van der Waals surface area contributed by atoms with Crippen LogP contribution in [-0.2, 0) is 6.54 Å². The Morgan fingerprint density at radius 3 is 3.13 bits per heavy atom. The molecule has 0 atom stereocenters. The van der Waals surface area contributed by atoms with Crippen LogP contribution in [0.5, 0.6) is 0 Å². The van der Waals surface area contributed by atoms with Crippen LogP contribution in [0.2, 0.25) is 0 Å². The summed E-state index contributed by atoms with van der Waals surface area (Å²) in [6.45, 7) is 0.328. The topological polar surface area (TPSA) is 96.9 Å². The second-order valence-corrected chi connectivity index (χ2v) is 3.02. The summed E-state index contributed by atoms with van der Waals surface area (Å²) in [6.07, 6.45) is 3.01. The summed E-state index contributed by atoms with van der Waals surface area (Å²) in [5.74, 6) is -0.227. The van der Waals surface area contributed by atoms with E-state index in [2.05, 4.69) is 20.0 Å². The zero-order valence-electron chi connectivity index (χ0n) is 7.86. The van der Waals surface area contributed by atoms with Crippen LogP contribution in [0.1, 0.15) is 16.2 Å².